The molecule has 0 spiro atoms. The lowest BCUT2D eigenvalue weighted by molar-refractivity contribution is 0.169. The normalized spacial score (nSPS) is 19.3. The van der Waals surface area contributed by atoms with E-state index in [-0.39, 0.29) is 16.6 Å². The van der Waals surface area contributed by atoms with Crippen molar-refractivity contribution >= 4 is 39.1 Å². The molecule has 0 aliphatic carbocycles. The lowest BCUT2D eigenvalue weighted by Gasteiger charge is -2.27. The van der Waals surface area contributed by atoms with Gasteiger partial charge in [-0.2, -0.15) is 16.1 Å². The van der Waals surface area contributed by atoms with E-state index in [1.807, 2.05) is 0 Å². The van der Waals surface area contributed by atoms with Crippen molar-refractivity contribution < 1.29 is 13.2 Å². The topological polar surface area (TPSA) is 72.6 Å². The minimum atomic E-state index is -3.59. The van der Waals surface area contributed by atoms with Crippen LogP contribution in [0.1, 0.15) is 6.42 Å². The van der Waals surface area contributed by atoms with Gasteiger partial charge in [0.2, 0.25) is 10.0 Å². The second-order valence-electron chi connectivity index (χ2n) is 4.81. The summed E-state index contributed by atoms with van der Waals surface area (Å²) in [5, 5.41) is 0.355. The molecule has 1 saturated heterocycles. The van der Waals surface area contributed by atoms with E-state index in [9.17, 15) is 8.42 Å². The number of thioether (sulfide) groups is 1. The predicted octanol–water partition coefficient (Wildman–Crippen LogP) is 2.06. The Morgan fingerprint density at radius 1 is 1.52 bits per heavy atom. The minimum absolute atomic E-state index is 0.00653. The molecule has 5 nitrogen and oxygen atoms in total. The molecule has 0 radical (unpaired) electrons. The van der Waals surface area contributed by atoms with Crippen LogP contribution in [0.2, 0.25) is 5.02 Å². The van der Waals surface area contributed by atoms with E-state index in [2.05, 4.69) is 0 Å². The van der Waals surface area contributed by atoms with E-state index in [1.165, 1.54) is 22.5 Å². The monoisotopic (exact) mass is 350 g/mol. The van der Waals surface area contributed by atoms with Crippen LogP contribution >= 0.6 is 23.4 Å². The van der Waals surface area contributed by atoms with Gasteiger partial charge in [0.25, 0.3) is 0 Å². The average Bonchev–Trinajstić information content (AvgIpc) is 2.96. The van der Waals surface area contributed by atoms with Crippen molar-refractivity contribution in [3.63, 3.8) is 0 Å². The average molecular weight is 351 g/mol. The molecule has 1 fully saturated rings. The maximum Gasteiger partial charge on any atom is 0.243 e. The van der Waals surface area contributed by atoms with Crippen LogP contribution in [0, 0.1) is 0 Å². The highest BCUT2D eigenvalue weighted by molar-refractivity contribution is 7.99. The van der Waals surface area contributed by atoms with Gasteiger partial charge in [-0.1, -0.05) is 11.6 Å². The van der Waals surface area contributed by atoms with Gasteiger partial charge >= 0.3 is 0 Å². The van der Waals surface area contributed by atoms with E-state index in [4.69, 9.17) is 22.1 Å². The molecule has 0 aromatic heterocycles. The third-order valence-electron chi connectivity index (χ3n) is 3.40. The molecule has 1 aliphatic rings. The molecule has 1 aromatic carbocycles. The summed E-state index contributed by atoms with van der Waals surface area (Å²) in [5.41, 5.74) is 6.00. The first-order chi connectivity index (χ1) is 9.96. The van der Waals surface area contributed by atoms with Gasteiger partial charge in [-0.25, -0.2) is 8.42 Å². The molecule has 1 unspecified atom stereocenters. The zero-order chi connectivity index (χ0) is 15.5. The Morgan fingerprint density at radius 3 is 2.86 bits per heavy atom. The maximum atomic E-state index is 12.9. The summed E-state index contributed by atoms with van der Waals surface area (Å²) in [7, 11) is -2.03. The second-order valence-corrected chi connectivity index (χ2v) is 8.26. The molecule has 0 bridgehead atoms. The number of anilines is 1. The number of nitrogens with two attached hydrogens (primary N) is 1. The number of nitrogens with zero attached hydrogens (tertiary/aromatic N) is 1. The highest BCUT2D eigenvalue weighted by Gasteiger charge is 2.33. The zero-order valence-corrected chi connectivity index (χ0v) is 14.2. The van der Waals surface area contributed by atoms with Crippen molar-refractivity contribution in [2.24, 2.45) is 0 Å². The number of ether oxygens (including phenoxy) is 1. The molecular weight excluding hydrogens is 332 g/mol. The Kier molecular flexibility index (Phi) is 5.79. The van der Waals surface area contributed by atoms with Crippen LogP contribution in [0.15, 0.2) is 23.1 Å². The zero-order valence-electron chi connectivity index (χ0n) is 11.8. The van der Waals surface area contributed by atoms with Gasteiger partial charge < -0.3 is 10.5 Å². The van der Waals surface area contributed by atoms with E-state index in [1.54, 1.807) is 18.9 Å². The fourth-order valence-corrected chi connectivity index (χ4v) is 5.36. The van der Waals surface area contributed by atoms with Crippen molar-refractivity contribution in [2.45, 2.75) is 17.4 Å². The summed E-state index contributed by atoms with van der Waals surface area (Å²) in [4.78, 5) is 0.178. The number of benzene rings is 1. The summed E-state index contributed by atoms with van der Waals surface area (Å²) in [6.45, 7) is 0.704. The fourth-order valence-electron chi connectivity index (χ4n) is 2.25. The van der Waals surface area contributed by atoms with Gasteiger partial charge in [0.15, 0.2) is 0 Å². The van der Waals surface area contributed by atoms with Crippen LogP contribution < -0.4 is 5.73 Å². The van der Waals surface area contributed by atoms with Crippen LogP contribution in [0.25, 0.3) is 0 Å². The van der Waals surface area contributed by atoms with Crippen LogP contribution in [0.5, 0.6) is 0 Å². The Balaban J connectivity index is 2.33. The number of rotatable bonds is 6. The number of hydrogen-bond donors (Lipinski definition) is 1. The van der Waals surface area contributed by atoms with Crippen molar-refractivity contribution in [2.75, 3.05) is 37.5 Å². The van der Waals surface area contributed by atoms with Gasteiger partial charge in [-0.15, -0.1) is 0 Å². The molecule has 1 atom stereocenters. The Morgan fingerprint density at radius 2 is 2.29 bits per heavy atom. The predicted molar refractivity (Wildman–Crippen MR) is 87.4 cm³/mol. The van der Waals surface area contributed by atoms with E-state index in [0.29, 0.717) is 18.2 Å². The summed E-state index contributed by atoms with van der Waals surface area (Å²) in [6.07, 6.45) is 0.858. The molecule has 1 heterocycles. The molecule has 2 N–H and O–H groups in total. The SMILES string of the molecule is COCCN(C1CCSC1)S(=O)(=O)c1ccc(Cl)c(N)c1. The maximum absolute atomic E-state index is 12.9. The third kappa shape index (κ3) is 3.84. The molecule has 8 heteroatoms. The quantitative estimate of drug-likeness (QED) is 0.795. The second kappa shape index (κ2) is 7.19. The molecule has 0 amide bonds. The van der Waals surface area contributed by atoms with Gasteiger partial charge in [-0.05, 0) is 30.4 Å². The lowest BCUT2D eigenvalue weighted by atomic mass is 10.3. The Hall–Kier alpha value is -0.470. The number of methoxy groups -OCH3 is 1. The van der Waals surface area contributed by atoms with E-state index in [0.717, 1.165) is 17.9 Å². The van der Waals surface area contributed by atoms with Gasteiger partial charge in [0.1, 0.15) is 0 Å². The highest BCUT2D eigenvalue weighted by atomic mass is 35.5. The minimum Gasteiger partial charge on any atom is -0.397 e. The van der Waals surface area contributed by atoms with E-state index < -0.39 is 10.0 Å². The molecule has 2 rings (SSSR count). The van der Waals surface area contributed by atoms with Gasteiger partial charge in [-0.3, -0.25) is 0 Å². The molecule has 0 saturated carbocycles. The Labute approximate surface area is 134 Å². The summed E-state index contributed by atoms with van der Waals surface area (Å²) < 4.78 is 32.3. The van der Waals surface area contributed by atoms with Crippen molar-refractivity contribution in [1.82, 2.24) is 4.31 Å². The first kappa shape index (κ1) is 16.9. The number of sulfonamides is 1. The van der Waals surface area contributed by atoms with Crippen molar-refractivity contribution in [3.8, 4) is 0 Å². The van der Waals surface area contributed by atoms with Crippen molar-refractivity contribution in [1.29, 1.82) is 0 Å². The first-order valence-corrected chi connectivity index (χ1v) is 9.57. The summed E-state index contributed by atoms with van der Waals surface area (Å²) in [5.74, 6) is 1.79. The smallest absolute Gasteiger partial charge is 0.243 e. The summed E-state index contributed by atoms with van der Waals surface area (Å²) in [6, 6.07) is 4.43. The fraction of sp³-hybridized carbons (Fsp3) is 0.538. The number of nitrogen functional groups attached to an aromatic ring is 1. The summed E-state index contributed by atoms with van der Waals surface area (Å²) >= 11 is 7.63. The van der Waals surface area contributed by atoms with Crippen LogP contribution in [-0.4, -0.2) is 50.5 Å². The lowest BCUT2D eigenvalue weighted by Crippen LogP contribution is -2.42. The standard InChI is InChI=1S/C13H19ClN2O3S2/c1-19-6-5-16(10-4-7-20-9-10)21(17,18)11-2-3-12(14)13(15)8-11/h2-3,8,10H,4-7,9,15H2,1H3. The molecule has 118 valence electrons. The van der Waals surface area contributed by atoms with Gasteiger partial charge in [0.05, 0.1) is 22.2 Å². The highest BCUT2D eigenvalue weighted by Crippen LogP contribution is 2.29. The molecular formula is C13H19ClN2O3S2. The Bertz CT molecular complexity index is 589. The first-order valence-electron chi connectivity index (χ1n) is 6.60. The molecule has 1 aliphatic heterocycles. The van der Waals surface area contributed by atoms with Crippen LogP contribution in [0.4, 0.5) is 5.69 Å². The molecule has 21 heavy (non-hydrogen) atoms. The van der Waals surface area contributed by atoms with Crippen LogP contribution in [-0.2, 0) is 14.8 Å². The van der Waals surface area contributed by atoms with E-state index >= 15 is 0 Å². The number of hydrogen-bond acceptors (Lipinski definition) is 5. The largest absolute Gasteiger partial charge is 0.397 e. The van der Waals surface area contributed by atoms with Crippen molar-refractivity contribution in [3.05, 3.63) is 23.2 Å². The van der Waals surface area contributed by atoms with Gasteiger partial charge in [0, 0.05) is 25.4 Å². The number of halogens is 1. The van der Waals surface area contributed by atoms with Crippen LogP contribution in [0.3, 0.4) is 0 Å². The molecule has 1 aromatic rings. The third-order valence-corrected chi connectivity index (χ3v) is 6.84.